The van der Waals surface area contributed by atoms with Gasteiger partial charge in [-0.25, -0.2) is 19.2 Å². The first kappa shape index (κ1) is 21.4. The van der Waals surface area contributed by atoms with Gasteiger partial charge in [-0.2, -0.15) is 0 Å². The summed E-state index contributed by atoms with van der Waals surface area (Å²) >= 11 is 1.20. The van der Waals surface area contributed by atoms with Crippen molar-refractivity contribution in [1.82, 2.24) is 9.97 Å². The van der Waals surface area contributed by atoms with E-state index >= 15 is 0 Å². The van der Waals surface area contributed by atoms with Crippen LogP contribution >= 0.6 is 11.3 Å². The molecule has 1 fully saturated rings. The van der Waals surface area contributed by atoms with Crippen molar-refractivity contribution in [3.05, 3.63) is 40.8 Å². The van der Waals surface area contributed by atoms with Crippen molar-refractivity contribution >= 4 is 39.0 Å². The number of methoxy groups -OCH3 is 1. The third kappa shape index (κ3) is 4.46. The molecule has 0 aliphatic heterocycles. The van der Waals surface area contributed by atoms with Crippen molar-refractivity contribution in [2.24, 2.45) is 0 Å². The molecule has 4 rings (SSSR count). The molecule has 0 spiro atoms. The van der Waals surface area contributed by atoms with Gasteiger partial charge in [0.25, 0.3) is 0 Å². The number of ether oxygens (including phenoxy) is 2. The van der Waals surface area contributed by atoms with Gasteiger partial charge < -0.3 is 25.0 Å². The molecule has 0 bridgehead atoms. The van der Waals surface area contributed by atoms with Crippen LogP contribution in [0.1, 0.15) is 34.5 Å². The van der Waals surface area contributed by atoms with Crippen LogP contribution in [0.4, 0.5) is 15.9 Å². The third-order valence-electron chi connectivity index (χ3n) is 5.20. The Balaban J connectivity index is 1.68. The van der Waals surface area contributed by atoms with E-state index in [9.17, 15) is 19.4 Å². The van der Waals surface area contributed by atoms with Gasteiger partial charge in [0.05, 0.1) is 30.4 Å². The lowest BCUT2D eigenvalue weighted by molar-refractivity contribution is -0.0153. The number of halogens is 1. The van der Waals surface area contributed by atoms with Crippen LogP contribution in [0.25, 0.3) is 10.2 Å². The minimum atomic E-state index is -0.676. The Morgan fingerprint density at radius 2 is 1.97 bits per heavy atom. The summed E-state index contributed by atoms with van der Waals surface area (Å²) in [5.41, 5.74) is 1.14. The fraction of sp³-hybridized carbons (Fsp3) is 0.381. The summed E-state index contributed by atoms with van der Waals surface area (Å²) in [4.78, 5) is 21.6. The van der Waals surface area contributed by atoms with Crippen LogP contribution in [0.2, 0.25) is 0 Å². The molecule has 8 nitrogen and oxygen atoms in total. The van der Waals surface area contributed by atoms with Crippen LogP contribution in [-0.2, 0) is 4.74 Å². The van der Waals surface area contributed by atoms with E-state index in [4.69, 9.17) is 9.47 Å². The van der Waals surface area contributed by atoms with Crippen molar-refractivity contribution in [1.29, 1.82) is 0 Å². The highest BCUT2D eigenvalue weighted by Gasteiger charge is 2.28. The van der Waals surface area contributed by atoms with Crippen LogP contribution in [-0.4, -0.2) is 51.6 Å². The van der Waals surface area contributed by atoms with Crippen LogP contribution in [0.3, 0.4) is 0 Å². The molecule has 2 aromatic heterocycles. The second kappa shape index (κ2) is 8.74. The first-order valence-electron chi connectivity index (χ1n) is 9.77. The Kier molecular flexibility index (Phi) is 6.03. The molecule has 2 heterocycles. The summed E-state index contributed by atoms with van der Waals surface area (Å²) in [6, 6.07) is 4.06. The zero-order valence-electron chi connectivity index (χ0n) is 17.0. The first-order chi connectivity index (χ1) is 14.9. The Labute approximate surface area is 181 Å². The number of carbonyl (C=O) groups excluding carboxylic acids is 1. The monoisotopic (exact) mass is 447 g/mol. The molecule has 0 unspecified atom stereocenters. The van der Waals surface area contributed by atoms with Gasteiger partial charge in [-0.05, 0) is 31.0 Å². The zero-order valence-corrected chi connectivity index (χ0v) is 17.8. The second-order valence-corrected chi connectivity index (χ2v) is 8.47. The third-order valence-corrected chi connectivity index (χ3v) is 6.38. The maximum atomic E-state index is 14.0. The number of aromatic nitrogens is 2. The van der Waals surface area contributed by atoms with Crippen molar-refractivity contribution in [2.75, 3.05) is 12.4 Å². The maximum Gasteiger partial charge on any atom is 0.348 e. The molecule has 10 heteroatoms. The number of hydrogen-bond donors (Lipinski definition) is 3. The number of nitrogens with one attached hydrogen (secondary N) is 1. The summed E-state index contributed by atoms with van der Waals surface area (Å²) in [6.07, 6.45) is 0.552. The van der Waals surface area contributed by atoms with Crippen LogP contribution in [0.15, 0.2) is 24.5 Å². The van der Waals surface area contributed by atoms with E-state index in [1.165, 1.54) is 43.0 Å². The van der Waals surface area contributed by atoms with Gasteiger partial charge in [-0.3, -0.25) is 0 Å². The molecule has 1 saturated carbocycles. The molecule has 2 atom stereocenters. The van der Waals surface area contributed by atoms with E-state index in [-0.39, 0.29) is 5.75 Å². The van der Waals surface area contributed by atoms with Gasteiger partial charge >= 0.3 is 5.97 Å². The molecule has 3 N–H and O–H groups in total. The number of aliphatic hydroxyl groups is 2. The number of aryl methyl sites for hydroxylation is 1. The van der Waals surface area contributed by atoms with Crippen LogP contribution in [0, 0.1) is 12.7 Å². The molecular formula is C21H22FN3O5S. The van der Waals surface area contributed by atoms with E-state index in [1.54, 1.807) is 6.92 Å². The van der Waals surface area contributed by atoms with E-state index in [1.807, 2.05) is 0 Å². The van der Waals surface area contributed by atoms with Crippen molar-refractivity contribution in [3.63, 3.8) is 0 Å². The molecule has 31 heavy (non-hydrogen) atoms. The molecular weight excluding hydrogens is 425 g/mol. The highest BCUT2D eigenvalue weighted by atomic mass is 32.1. The number of esters is 1. The summed E-state index contributed by atoms with van der Waals surface area (Å²) < 4.78 is 24.7. The summed E-state index contributed by atoms with van der Waals surface area (Å²) in [6.45, 7) is 1.78. The van der Waals surface area contributed by atoms with E-state index in [2.05, 4.69) is 15.3 Å². The number of fused-ring (bicyclic) bond motifs is 1. The van der Waals surface area contributed by atoms with Crippen molar-refractivity contribution in [3.8, 4) is 5.75 Å². The average Bonchev–Trinajstić information content (AvgIpc) is 3.06. The lowest BCUT2D eigenvalue weighted by Gasteiger charge is -2.30. The van der Waals surface area contributed by atoms with Crippen LogP contribution < -0.4 is 10.1 Å². The smallest absolute Gasteiger partial charge is 0.348 e. The minimum Gasteiger partial charge on any atom is -0.488 e. The van der Waals surface area contributed by atoms with Crippen molar-refractivity contribution < 1.29 is 28.9 Å². The lowest BCUT2D eigenvalue weighted by Crippen LogP contribution is -2.36. The SMILES string of the molecule is COC(=O)c1sc2ncnc(Nc3ccc(F)cc3OC3C[C@@H](O)C[C@H](O)C3)c2c1C. The summed E-state index contributed by atoms with van der Waals surface area (Å²) in [5, 5.41) is 23.7. The van der Waals surface area contributed by atoms with Gasteiger partial charge in [-0.15, -0.1) is 11.3 Å². The highest BCUT2D eigenvalue weighted by Crippen LogP contribution is 2.37. The van der Waals surface area contributed by atoms with Gasteiger partial charge in [-0.1, -0.05) is 0 Å². The zero-order chi connectivity index (χ0) is 22.1. The Bertz CT molecular complexity index is 1110. The highest BCUT2D eigenvalue weighted by molar-refractivity contribution is 7.20. The first-order valence-corrected chi connectivity index (χ1v) is 10.6. The predicted molar refractivity (Wildman–Crippen MR) is 113 cm³/mol. The van der Waals surface area contributed by atoms with Gasteiger partial charge in [0.15, 0.2) is 0 Å². The molecule has 1 aromatic carbocycles. The number of anilines is 2. The fourth-order valence-corrected chi connectivity index (χ4v) is 4.83. The van der Waals surface area contributed by atoms with E-state index in [0.717, 1.165) is 0 Å². The summed E-state index contributed by atoms with van der Waals surface area (Å²) in [5.74, 6) is -0.259. The number of nitrogens with zero attached hydrogens (tertiary/aromatic N) is 2. The normalized spacial score (nSPS) is 21.1. The Morgan fingerprint density at radius 1 is 1.23 bits per heavy atom. The van der Waals surface area contributed by atoms with Gasteiger partial charge in [0.1, 0.15) is 39.5 Å². The standard InChI is InChI=1S/C21H22FN3O5S/c1-10-17-19(23-9-24-20(17)31-18(10)21(28)29-2)25-15-4-3-11(22)5-16(15)30-14-7-12(26)6-13(27)8-14/h3-5,9,12-14,26-27H,6-8H2,1-2H3,(H,23,24,25)/t12-,13-/m0/s1. The average molecular weight is 447 g/mol. The Morgan fingerprint density at radius 3 is 2.68 bits per heavy atom. The maximum absolute atomic E-state index is 14.0. The quantitative estimate of drug-likeness (QED) is 0.511. The molecule has 0 radical (unpaired) electrons. The predicted octanol–water partition coefficient (Wildman–Crippen LogP) is 3.32. The topological polar surface area (TPSA) is 114 Å². The largest absolute Gasteiger partial charge is 0.488 e. The van der Waals surface area contributed by atoms with Crippen molar-refractivity contribution in [2.45, 2.75) is 44.5 Å². The number of thiophene rings is 1. The number of benzene rings is 1. The van der Waals surface area contributed by atoms with Gasteiger partial charge in [0.2, 0.25) is 0 Å². The van der Waals surface area contributed by atoms with E-state index in [0.29, 0.717) is 51.4 Å². The van der Waals surface area contributed by atoms with Gasteiger partial charge in [0, 0.05) is 18.9 Å². The molecule has 1 aliphatic rings. The number of hydrogen-bond acceptors (Lipinski definition) is 9. The summed E-state index contributed by atoms with van der Waals surface area (Å²) in [7, 11) is 1.32. The molecule has 164 valence electrons. The fourth-order valence-electron chi connectivity index (χ4n) is 3.76. The number of aliphatic hydroxyl groups excluding tert-OH is 2. The Hall–Kier alpha value is -2.82. The number of rotatable bonds is 5. The second-order valence-electron chi connectivity index (χ2n) is 7.47. The molecule has 0 amide bonds. The minimum absolute atomic E-state index is 0.235. The van der Waals surface area contributed by atoms with E-state index < -0.39 is 30.1 Å². The van der Waals surface area contributed by atoms with Crippen LogP contribution in [0.5, 0.6) is 5.75 Å². The number of carbonyl (C=O) groups is 1. The molecule has 3 aromatic rings. The lowest BCUT2D eigenvalue weighted by atomic mass is 9.92. The molecule has 1 aliphatic carbocycles. The molecule has 0 saturated heterocycles.